The number of carbonyl (C=O) groups is 3. The van der Waals surface area contributed by atoms with Gasteiger partial charge in [0.2, 0.25) is 5.91 Å². The van der Waals surface area contributed by atoms with Crippen molar-refractivity contribution in [1.82, 2.24) is 4.90 Å². The Morgan fingerprint density at radius 2 is 1.62 bits per heavy atom. The minimum atomic E-state index is -0.954. The summed E-state index contributed by atoms with van der Waals surface area (Å²) in [6, 6.07) is 18.7. The zero-order valence-electron chi connectivity index (χ0n) is 17.3. The number of benzene rings is 3. The molecule has 3 amide bonds. The molecule has 1 atom stereocenters. The second kappa shape index (κ2) is 9.04. The molecule has 0 spiro atoms. The summed E-state index contributed by atoms with van der Waals surface area (Å²) < 4.78 is 14.2. The van der Waals surface area contributed by atoms with Gasteiger partial charge in [-0.15, -0.1) is 0 Å². The van der Waals surface area contributed by atoms with Crippen LogP contribution in [0.5, 0.6) is 0 Å². The van der Waals surface area contributed by atoms with Crippen LogP contribution in [0, 0.1) is 12.7 Å². The molecule has 1 fully saturated rings. The molecule has 0 bridgehead atoms. The monoisotopic (exact) mass is 494 g/mol. The molecule has 1 aliphatic heterocycles. The molecule has 1 saturated heterocycles. The van der Waals surface area contributed by atoms with Crippen LogP contribution in [0.15, 0.2) is 77.3 Å². The van der Waals surface area contributed by atoms with Gasteiger partial charge in [0.05, 0.1) is 12.1 Å². The van der Waals surface area contributed by atoms with Crippen molar-refractivity contribution in [3.05, 3.63) is 99.8 Å². The average Bonchev–Trinajstić information content (AvgIpc) is 3.08. The number of nitrogens with zero attached hydrogens (tertiary/aromatic N) is 2. The normalized spacial score (nSPS) is 15.8. The fraction of sp³-hybridized carbons (Fsp3) is 0.160. The minimum Gasteiger partial charge on any atom is -0.322 e. The van der Waals surface area contributed by atoms with E-state index in [-0.39, 0.29) is 24.4 Å². The van der Waals surface area contributed by atoms with Crippen LogP contribution in [0.4, 0.5) is 10.1 Å². The van der Waals surface area contributed by atoms with Crippen molar-refractivity contribution < 1.29 is 18.8 Å². The largest absolute Gasteiger partial charge is 0.322 e. The second-order valence-electron chi connectivity index (χ2n) is 7.69. The molecule has 5 nitrogen and oxygen atoms in total. The highest BCUT2D eigenvalue weighted by atomic mass is 79.9. The molecule has 7 heteroatoms. The maximum absolute atomic E-state index is 13.4. The Kier molecular flexibility index (Phi) is 6.19. The van der Waals surface area contributed by atoms with Gasteiger partial charge in [0, 0.05) is 16.6 Å². The Hall–Kier alpha value is -3.32. The summed E-state index contributed by atoms with van der Waals surface area (Å²) in [5, 5.41) is 0. The third-order valence-electron chi connectivity index (χ3n) is 5.41. The lowest BCUT2D eigenvalue weighted by molar-refractivity contribution is -0.122. The number of hydrogen-bond acceptors (Lipinski definition) is 3. The number of aryl methyl sites for hydroxylation is 1. The van der Waals surface area contributed by atoms with Crippen molar-refractivity contribution in [2.45, 2.75) is 25.9 Å². The number of amides is 3. The minimum absolute atomic E-state index is 0.117. The number of halogens is 2. The Balaban J connectivity index is 1.68. The molecule has 0 aliphatic carbocycles. The maximum atomic E-state index is 13.4. The number of anilines is 1. The van der Waals surface area contributed by atoms with Crippen LogP contribution in [0.3, 0.4) is 0 Å². The van der Waals surface area contributed by atoms with E-state index in [1.165, 1.54) is 29.2 Å². The summed E-state index contributed by atoms with van der Waals surface area (Å²) in [6.07, 6.45) is -0.117. The Morgan fingerprint density at radius 3 is 2.25 bits per heavy atom. The SMILES string of the molecule is Cc1ccc(CN(C(=O)c2ccc(F)cc2)C2CC(=O)N(c3ccc(Br)cc3)C2=O)cc1. The predicted molar refractivity (Wildman–Crippen MR) is 122 cm³/mol. The van der Waals surface area contributed by atoms with E-state index in [1.54, 1.807) is 24.3 Å². The van der Waals surface area contributed by atoms with Gasteiger partial charge in [-0.2, -0.15) is 0 Å². The van der Waals surface area contributed by atoms with Crippen LogP contribution in [-0.2, 0) is 16.1 Å². The van der Waals surface area contributed by atoms with Crippen molar-refractivity contribution >= 4 is 39.3 Å². The summed E-state index contributed by atoms with van der Waals surface area (Å²) in [7, 11) is 0. The van der Waals surface area contributed by atoms with E-state index in [4.69, 9.17) is 0 Å². The molecule has 1 aliphatic rings. The lowest BCUT2D eigenvalue weighted by Crippen LogP contribution is -2.45. The average molecular weight is 495 g/mol. The van der Waals surface area contributed by atoms with Crippen LogP contribution in [0.25, 0.3) is 0 Å². The van der Waals surface area contributed by atoms with E-state index in [9.17, 15) is 18.8 Å². The van der Waals surface area contributed by atoms with Gasteiger partial charge in [-0.3, -0.25) is 14.4 Å². The summed E-state index contributed by atoms with van der Waals surface area (Å²) in [5.41, 5.74) is 2.60. The fourth-order valence-electron chi connectivity index (χ4n) is 3.69. The lowest BCUT2D eigenvalue weighted by atomic mass is 10.1. The molecule has 3 aromatic carbocycles. The molecule has 32 heavy (non-hydrogen) atoms. The van der Waals surface area contributed by atoms with Crippen molar-refractivity contribution in [3.63, 3.8) is 0 Å². The third kappa shape index (κ3) is 4.48. The van der Waals surface area contributed by atoms with Crippen LogP contribution in [0.1, 0.15) is 27.9 Å². The zero-order valence-corrected chi connectivity index (χ0v) is 18.9. The van der Waals surface area contributed by atoms with Crippen molar-refractivity contribution in [2.24, 2.45) is 0 Å². The first-order valence-corrected chi connectivity index (χ1v) is 10.9. The van der Waals surface area contributed by atoms with E-state index in [0.717, 1.165) is 20.5 Å². The van der Waals surface area contributed by atoms with Crippen LogP contribution >= 0.6 is 15.9 Å². The molecule has 162 valence electrons. The van der Waals surface area contributed by atoms with Gasteiger partial charge in [-0.1, -0.05) is 45.8 Å². The highest BCUT2D eigenvalue weighted by Crippen LogP contribution is 2.29. The molecule has 1 heterocycles. The van der Waals surface area contributed by atoms with E-state index in [2.05, 4.69) is 15.9 Å². The van der Waals surface area contributed by atoms with Crippen molar-refractivity contribution in [1.29, 1.82) is 0 Å². The first-order chi connectivity index (χ1) is 15.3. The molecule has 0 saturated carbocycles. The molecule has 3 aromatic rings. The van der Waals surface area contributed by atoms with Gasteiger partial charge < -0.3 is 4.90 Å². The predicted octanol–water partition coefficient (Wildman–Crippen LogP) is 4.87. The number of hydrogen-bond donors (Lipinski definition) is 0. The van der Waals surface area contributed by atoms with E-state index in [1.807, 2.05) is 31.2 Å². The Labute approximate surface area is 193 Å². The topological polar surface area (TPSA) is 57.7 Å². The number of carbonyl (C=O) groups excluding carboxylic acids is 3. The third-order valence-corrected chi connectivity index (χ3v) is 5.94. The van der Waals surface area contributed by atoms with Gasteiger partial charge in [0.1, 0.15) is 11.9 Å². The summed E-state index contributed by atoms with van der Waals surface area (Å²) in [5.74, 6) is -1.72. The first-order valence-electron chi connectivity index (χ1n) is 10.1. The van der Waals surface area contributed by atoms with E-state index >= 15 is 0 Å². The first kappa shape index (κ1) is 21.9. The quantitative estimate of drug-likeness (QED) is 0.475. The fourth-order valence-corrected chi connectivity index (χ4v) is 3.96. The van der Waals surface area contributed by atoms with Crippen LogP contribution in [-0.4, -0.2) is 28.7 Å². The Morgan fingerprint density at radius 1 is 1.00 bits per heavy atom. The summed E-state index contributed by atoms with van der Waals surface area (Å²) >= 11 is 3.34. The standard InChI is InChI=1S/C25H20BrFN2O3/c1-16-2-4-17(5-3-16)15-28(24(31)18-6-10-20(27)11-7-18)22-14-23(30)29(25(22)32)21-12-8-19(26)9-13-21/h2-13,22H,14-15H2,1H3. The second-order valence-corrected chi connectivity index (χ2v) is 8.60. The number of rotatable bonds is 5. The van der Waals surface area contributed by atoms with Gasteiger partial charge >= 0.3 is 0 Å². The molecule has 0 N–H and O–H groups in total. The molecular formula is C25H20BrFN2O3. The van der Waals surface area contributed by atoms with Gasteiger partial charge in [0.25, 0.3) is 11.8 Å². The van der Waals surface area contributed by atoms with E-state index < -0.39 is 23.7 Å². The highest BCUT2D eigenvalue weighted by Gasteiger charge is 2.44. The molecule has 0 radical (unpaired) electrons. The molecule has 1 unspecified atom stereocenters. The zero-order chi connectivity index (χ0) is 22.8. The van der Waals surface area contributed by atoms with Gasteiger partial charge in [-0.25, -0.2) is 9.29 Å². The van der Waals surface area contributed by atoms with E-state index in [0.29, 0.717) is 5.69 Å². The smallest absolute Gasteiger partial charge is 0.257 e. The van der Waals surface area contributed by atoms with Crippen LogP contribution in [0.2, 0.25) is 0 Å². The van der Waals surface area contributed by atoms with Crippen molar-refractivity contribution in [3.8, 4) is 0 Å². The number of imide groups is 1. The maximum Gasteiger partial charge on any atom is 0.257 e. The summed E-state index contributed by atoms with van der Waals surface area (Å²) in [4.78, 5) is 42.0. The van der Waals surface area contributed by atoms with Gasteiger partial charge in [0.15, 0.2) is 0 Å². The van der Waals surface area contributed by atoms with Crippen molar-refractivity contribution in [2.75, 3.05) is 4.90 Å². The molecular weight excluding hydrogens is 475 g/mol. The molecule has 4 rings (SSSR count). The molecule has 0 aromatic heterocycles. The highest BCUT2D eigenvalue weighted by molar-refractivity contribution is 9.10. The Bertz CT molecular complexity index is 1160. The summed E-state index contributed by atoms with van der Waals surface area (Å²) in [6.45, 7) is 2.11. The van der Waals surface area contributed by atoms with Crippen LogP contribution < -0.4 is 4.90 Å². The van der Waals surface area contributed by atoms with Gasteiger partial charge in [-0.05, 0) is 61.0 Å². The lowest BCUT2D eigenvalue weighted by Gasteiger charge is -2.28.